The fourth-order valence-electron chi connectivity index (χ4n) is 1.13. The van der Waals surface area contributed by atoms with Crippen LogP contribution in [0.2, 0.25) is 0 Å². The van der Waals surface area contributed by atoms with Crippen LogP contribution in [0.1, 0.15) is 11.1 Å². The molecule has 8 heteroatoms. The summed E-state index contributed by atoms with van der Waals surface area (Å²) in [5.74, 6) is -2.58. The third-order valence-corrected chi connectivity index (χ3v) is 2.45. The molecule has 0 aliphatic heterocycles. The first-order valence-corrected chi connectivity index (χ1v) is 5.68. The van der Waals surface area contributed by atoms with Crippen molar-refractivity contribution in [3.63, 3.8) is 0 Å². The van der Waals surface area contributed by atoms with Crippen molar-refractivity contribution in [2.75, 3.05) is 0 Å². The molecule has 0 saturated carbocycles. The van der Waals surface area contributed by atoms with Gasteiger partial charge >= 0.3 is 6.18 Å². The van der Waals surface area contributed by atoms with Crippen molar-refractivity contribution in [1.82, 2.24) is 0 Å². The zero-order valence-electron chi connectivity index (χ0n) is 7.75. The Bertz CT molecular complexity index is 495. The summed E-state index contributed by atoms with van der Waals surface area (Å²) in [6, 6.07) is 2.39. The maximum atomic E-state index is 13.3. The lowest BCUT2D eigenvalue weighted by molar-refractivity contribution is -0.140. The van der Waals surface area contributed by atoms with Crippen molar-refractivity contribution in [2.45, 2.75) is 11.9 Å². The molecular formula is C8H7F4NO2S. The Morgan fingerprint density at radius 1 is 1.25 bits per heavy atom. The first kappa shape index (κ1) is 12.9. The smallest absolute Gasteiger partial charge is 0.228 e. The molecule has 0 atom stereocenters. The molecule has 0 aromatic heterocycles. The van der Waals surface area contributed by atoms with Gasteiger partial charge in [0, 0.05) is 5.56 Å². The Kier molecular flexibility index (Phi) is 3.25. The third kappa shape index (κ3) is 3.17. The van der Waals surface area contributed by atoms with E-state index in [1.54, 1.807) is 0 Å². The van der Waals surface area contributed by atoms with Crippen LogP contribution >= 0.6 is 0 Å². The minimum Gasteiger partial charge on any atom is -0.228 e. The van der Waals surface area contributed by atoms with E-state index in [0.717, 1.165) is 12.1 Å². The standard InChI is InChI=1S/C8H7F4NO2S/c9-7-5(4-16(13,14)15)2-1-3-6(7)8(10,11)12/h1-3H,4H2,(H2,13,14,15). The molecule has 1 aromatic rings. The highest BCUT2D eigenvalue weighted by atomic mass is 32.2. The highest BCUT2D eigenvalue weighted by molar-refractivity contribution is 7.88. The largest absolute Gasteiger partial charge is 0.419 e. The van der Waals surface area contributed by atoms with Crippen LogP contribution in [0.15, 0.2) is 18.2 Å². The van der Waals surface area contributed by atoms with Gasteiger partial charge < -0.3 is 0 Å². The van der Waals surface area contributed by atoms with Crippen molar-refractivity contribution in [3.05, 3.63) is 35.1 Å². The van der Waals surface area contributed by atoms with Crippen molar-refractivity contribution in [2.24, 2.45) is 5.14 Å². The molecule has 16 heavy (non-hydrogen) atoms. The molecule has 0 aliphatic rings. The van der Waals surface area contributed by atoms with Gasteiger partial charge in [-0.25, -0.2) is 17.9 Å². The predicted molar refractivity (Wildman–Crippen MR) is 48.2 cm³/mol. The van der Waals surface area contributed by atoms with E-state index >= 15 is 0 Å². The van der Waals surface area contributed by atoms with Gasteiger partial charge in [-0.15, -0.1) is 0 Å². The minimum absolute atomic E-state index is 0.530. The van der Waals surface area contributed by atoms with E-state index in [1.807, 2.05) is 0 Å². The molecule has 90 valence electrons. The third-order valence-electron chi connectivity index (χ3n) is 1.74. The van der Waals surface area contributed by atoms with Gasteiger partial charge in [-0.2, -0.15) is 13.2 Å². The van der Waals surface area contributed by atoms with Crippen molar-refractivity contribution >= 4 is 10.0 Å². The zero-order chi connectivity index (χ0) is 12.6. The summed E-state index contributed by atoms with van der Waals surface area (Å²) in [7, 11) is -4.07. The first-order chi connectivity index (χ1) is 7.11. The fraction of sp³-hybridized carbons (Fsp3) is 0.250. The van der Waals surface area contributed by atoms with Gasteiger partial charge in [-0.3, -0.25) is 0 Å². The van der Waals surface area contributed by atoms with E-state index in [2.05, 4.69) is 5.14 Å². The lowest BCUT2D eigenvalue weighted by Gasteiger charge is -2.10. The molecule has 0 heterocycles. The number of alkyl halides is 3. The normalized spacial score (nSPS) is 12.8. The topological polar surface area (TPSA) is 60.2 Å². The molecule has 2 N–H and O–H groups in total. The SMILES string of the molecule is NS(=O)(=O)Cc1cccc(C(F)(F)F)c1F. The maximum Gasteiger partial charge on any atom is 0.419 e. The van der Waals surface area contributed by atoms with E-state index in [4.69, 9.17) is 0 Å². The number of primary sulfonamides is 1. The first-order valence-electron chi connectivity index (χ1n) is 3.96. The molecule has 1 rings (SSSR count). The maximum absolute atomic E-state index is 13.3. The predicted octanol–water partition coefficient (Wildman–Crippen LogP) is 1.63. The van der Waals surface area contributed by atoms with Crippen LogP contribution in [0, 0.1) is 5.82 Å². The van der Waals surface area contributed by atoms with Crippen LogP contribution in [0.3, 0.4) is 0 Å². The summed E-state index contributed by atoms with van der Waals surface area (Å²) in [5, 5.41) is 4.62. The van der Waals surface area contributed by atoms with E-state index < -0.39 is 38.9 Å². The Balaban J connectivity index is 3.25. The summed E-state index contributed by atoms with van der Waals surface area (Å²) in [4.78, 5) is 0. The fourth-order valence-corrected chi connectivity index (χ4v) is 1.78. The Hall–Kier alpha value is -1.15. The van der Waals surface area contributed by atoms with Gasteiger partial charge in [-0.05, 0) is 6.07 Å². The summed E-state index contributed by atoms with van der Waals surface area (Å²) in [6.07, 6.45) is -4.86. The van der Waals surface area contributed by atoms with Crippen molar-refractivity contribution in [3.8, 4) is 0 Å². The second kappa shape index (κ2) is 4.02. The molecule has 0 aliphatic carbocycles. The van der Waals surface area contributed by atoms with Crippen LogP contribution in [0.25, 0.3) is 0 Å². The van der Waals surface area contributed by atoms with Gasteiger partial charge in [0.05, 0.1) is 11.3 Å². The Morgan fingerprint density at radius 3 is 2.25 bits per heavy atom. The molecule has 0 fully saturated rings. The van der Waals surface area contributed by atoms with E-state index in [-0.39, 0.29) is 0 Å². The Labute approximate surface area is 88.9 Å². The van der Waals surface area contributed by atoms with Crippen LogP contribution in [-0.2, 0) is 22.0 Å². The molecule has 0 spiro atoms. The molecule has 0 unspecified atom stereocenters. The number of halogens is 4. The van der Waals surface area contributed by atoms with E-state index in [0.29, 0.717) is 6.07 Å². The van der Waals surface area contributed by atoms with Gasteiger partial charge in [0.2, 0.25) is 10.0 Å². The number of rotatable bonds is 2. The quantitative estimate of drug-likeness (QED) is 0.818. The summed E-state index contributed by atoms with van der Waals surface area (Å²) in [6.45, 7) is 0. The molecule has 0 radical (unpaired) electrons. The Morgan fingerprint density at radius 2 is 1.81 bits per heavy atom. The highest BCUT2D eigenvalue weighted by Crippen LogP contribution is 2.32. The number of sulfonamides is 1. The van der Waals surface area contributed by atoms with Crippen LogP contribution < -0.4 is 5.14 Å². The lowest BCUT2D eigenvalue weighted by Crippen LogP contribution is -2.17. The molecule has 1 aromatic carbocycles. The van der Waals surface area contributed by atoms with Crippen molar-refractivity contribution < 1.29 is 26.0 Å². The summed E-state index contributed by atoms with van der Waals surface area (Å²) >= 11 is 0. The van der Waals surface area contributed by atoms with E-state index in [1.165, 1.54) is 0 Å². The molecule has 3 nitrogen and oxygen atoms in total. The monoisotopic (exact) mass is 257 g/mol. The number of hydrogen-bond acceptors (Lipinski definition) is 2. The summed E-state index contributed by atoms with van der Waals surface area (Å²) < 4.78 is 71.3. The second-order valence-corrected chi connectivity index (χ2v) is 4.70. The number of benzene rings is 1. The number of hydrogen-bond donors (Lipinski definition) is 1. The average Bonchev–Trinajstić information content (AvgIpc) is 2.04. The minimum atomic E-state index is -4.86. The van der Waals surface area contributed by atoms with Gasteiger partial charge in [0.1, 0.15) is 5.82 Å². The van der Waals surface area contributed by atoms with Gasteiger partial charge in [0.25, 0.3) is 0 Å². The molecule has 0 bridgehead atoms. The van der Waals surface area contributed by atoms with Crippen LogP contribution in [-0.4, -0.2) is 8.42 Å². The molecule has 0 saturated heterocycles. The van der Waals surface area contributed by atoms with Crippen LogP contribution in [0.4, 0.5) is 17.6 Å². The number of nitrogens with two attached hydrogens (primary N) is 1. The lowest BCUT2D eigenvalue weighted by atomic mass is 10.1. The average molecular weight is 257 g/mol. The second-order valence-electron chi connectivity index (χ2n) is 3.08. The van der Waals surface area contributed by atoms with Gasteiger partial charge in [-0.1, -0.05) is 12.1 Å². The highest BCUT2D eigenvalue weighted by Gasteiger charge is 2.35. The van der Waals surface area contributed by atoms with Gasteiger partial charge in [0.15, 0.2) is 0 Å². The summed E-state index contributed by atoms with van der Waals surface area (Å²) in [5.41, 5.74) is -2.11. The van der Waals surface area contributed by atoms with Crippen molar-refractivity contribution in [1.29, 1.82) is 0 Å². The molecule has 0 amide bonds. The zero-order valence-corrected chi connectivity index (χ0v) is 8.57. The van der Waals surface area contributed by atoms with E-state index in [9.17, 15) is 26.0 Å². The molecular weight excluding hydrogens is 250 g/mol. The van der Waals surface area contributed by atoms with Crippen LogP contribution in [0.5, 0.6) is 0 Å².